The predicted molar refractivity (Wildman–Crippen MR) is 113 cm³/mol. The van der Waals surface area contributed by atoms with Gasteiger partial charge in [0.2, 0.25) is 5.91 Å². The molecule has 0 aliphatic carbocycles. The number of amides is 1. The van der Waals surface area contributed by atoms with Crippen molar-refractivity contribution in [3.8, 4) is 12.8 Å². The first-order chi connectivity index (χ1) is 12.9. The van der Waals surface area contributed by atoms with Crippen LogP contribution in [0.25, 0.3) is 10.9 Å². The molecular weight excluding hydrogens is 358 g/mol. The number of nitrogens with zero attached hydrogens (tertiary/aromatic N) is 2. The Hall–Kier alpha value is -1.99. The highest BCUT2D eigenvalue weighted by atomic mass is 35.5. The third-order valence-electron chi connectivity index (χ3n) is 5.66. The Balaban J connectivity index is 0.00000126. The summed E-state index contributed by atoms with van der Waals surface area (Å²) in [5.74, 6) is 0.919. The van der Waals surface area contributed by atoms with E-state index < -0.39 is 0 Å². The third-order valence-corrected chi connectivity index (χ3v) is 5.88. The molecule has 1 saturated heterocycles. The van der Waals surface area contributed by atoms with Crippen molar-refractivity contribution in [2.75, 3.05) is 13.1 Å². The van der Waals surface area contributed by atoms with Crippen molar-refractivity contribution < 1.29 is 4.79 Å². The molecule has 4 nitrogen and oxygen atoms in total. The zero-order valence-corrected chi connectivity index (χ0v) is 17.4. The van der Waals surface area contributed by atoms with Crippen LogP contribution in [-0.4, -0.2) is 34.1 Å². The molecule has 1 aromatic carbocycles. The van der Waals surface area contributed by atoms with Gasteiger partial charge in [-0.2, -0.15) is 5.10 Å². The van der Waals surface area contributed by atoms with Crippen molar-refractivity contribution in [1.29, 1.82) is 0 Å². The molecule has 1 N–H and O–H groups in total. The number of hydrogen-bond donors (Lipinski definition) is 1. The summed E-state index contributed by atoms with van der Waals surface area (Å²) in [5, 5.41) is 9.11. The second kappa shape index (κ2) is 9.28. The molecular formula is C22H30ClN3O. The second-order valence-electron chi connectivity index (χ2n) is 7.97. The summed E-state index contributed by atoms with van der Waals surface area (Å²) in [6.07, 6.45) is 14.5. The highest BCUT2D eigenvalue weighted by molar-refractivity contribution is 6.31. The number of likely N-dealkylation sites (tertiary alicyclic amines) is 1. The van der Waals surface area contributed by atoms with Crippen molar-refractivity contribution in [3.63, 3.8) is 0 Å². The van der Waals surface area contributed by atoms with Gasteiger partial charge in [-0.3, -0.25) is 9.89 Å². The van der Waals surface area contributed by atoms with Crippen LogP contribution in [0.3, 0.4) is 0 Å². The number of rotatable bonds is 5. The summed E-state index contributed by atoms with van der Waals surface area (Å²) >= 11 is 6.29. The number of nitrogens with one attached hydrogen (secondary N) is 1. The zero-order chi connectivity index (χ0) is 20.0. The molecule has 3 rings (SSSR count). The van der Waals surface area contributed by atoms with E-state index in [0.717, 1.165) is 54.7 Å². The molecule has 5 heteroatoms. The Morgan fingerprint density at radius 1 is 1.33 bits per heavy atom. The molecule has 146 valence electrons. The standard InChI is InChI=1S/C20H28ClN3O.C2H2/c1-4-5-18(25)24-8-6-16(7-9-24)20(2,3)12-14-10-17(21)11-15-13-22-23-19(14)15;1-2/h10-11,13,16H,4-9,12H2,1-3H3,(H,22,23);1-2H. The lowest BCUT2D eigenvalue weighted by Gasteiger charge is -2.41. The number of terminal acetylenes is 1. The van der Waals surface area contributed by atoms with Crippen LogP contribution in [0.5, 0.6) is 0 Å². The first-order valence-electron chi connectivity index (χ1n) is 9.63. The number of fused-ring (bicyclic) bond motifs is 1. The van der Waals surface area contributed by atoms with Crippen molar-refractivity contribution in [1.82, 2.24) is 15.1 Å². The Kier molecular flexibility index (Phi) is 7.33. The van der Waals surface area contributed by atoms with Crippen molar-refractivity contribution in [3.05, 3.63) is 28.9 Å². The van der Waals surface area contributed by atoms with Gasteiger partial charge >= 0.3 is 0 Å². The molecule has 0 saturated carbocycles. The Morgan fingerprint density at radius 3 is 2.63 bits per heavy atom. The van der Waals surface area contributed by atoms with E-state index in [1.807, 2.05) is 17.2 Å². The minimum atomic E-state index is 0.155. The van der Waals surface area contributed by atoms with E-state index in [1.54, 1.807) is 0 Å². The quantitative estimate of drug-likeness (QED) is 0.728. The number of H-pyrrole nitrogens is 1. The lowest BCUT2D eigenvalue weighted by molar-refractivity contribution is -0.133. The fraction of sp³-hybridized carbons (Fsp3) is 0.545. The van der Waals surface area contributed by atoms with Crippen LogP contribution in [-0.2, 0) is 11.2 Å². The monoisotopic (exact) mass is 387 g/mol. The average molecular weight is 388 g/mol. The van der Waals surface area contributed by atoms with Crippen LogP contribution < -0.4 is 0 Å². The minimum absolute atomic E-state index is 0.155. The normalized spacial score (nSPS) is 15.4. The molecule has 1 aliphatic rings. The maximum atomic E-state index is 12.1. The van der Waals surface area contributed by atoms with E-state index in [4.69, 9.17) is 11.6 Å². The molecule has 2 aromatic rings. The first-order valence-corrected chi connectivity index (χ1v) is 10.0. The Morgan fingerprint density at radius 2 is 2.00 bits per heavy atom. The summed E-state index contributed by atoms with van der Waals surface area (Å²) in [5.41, 5.74) is 2.48. The maximum Gasteiger partial charge on any atom is 0.222 e. The molecule has 1 aliphatic heterocycles. The van der Waals surface area contributed by atoms with E-state index in [1.165, 1.54) is 5.56 Å². The average Bonchev–Trinajstić information content (AvgIpc) is 3.12. The smallest absolute Gasteiger partial charge is 0.222 e. The molecule has 27 heavy (non-hydrogen) atoms. The molecule has 1 fully saturated rings. The number of aromatic amines is 1. The zero-order valence-electron chi connectivity index (χ0n) is 16.6. The number of hydrogen-bond acceptors (Lipinski definition) is 2. The number of piperidine rings is 1. The van der Waals surface area contributed by atoms with Crippen molar-refractivity contribution in [2.45, 2.75) is 52.9 Å². The van der Waals surface area contributed by atoms with Crippen LogP contribution in [0, 0.1) is 24.2 Å². The van der Waals surface area contributed by atoms with Gasteiger partial charge in [-0.1, -0.05) is 32.4 Å². The fourth-order valence-corrected chi connectivity index (χ4v) is 4.40. The van der Waals surface area contributed by atoms with Gasteiger partial charge in [0.05, 0.1) is 11.7 Å². The van der Waals surface area contributed by atoms with Crippen LogP contribution in [0.4, 0.5) is 0 Å². The molecule has 0 atom stereocenters. The Labute approximate surface area is 167 Å². The van der Waals surface area contributed by atoms with Gasteiger partial charge in [0.25, 0.3) is 0 Å². The molecule has 0 bridgehead atoms. The van der Waals surface area contributed by atoms with Crippen LogP contribution >= 0.6 is 11.6 Å². The van der Waals surface area contributed by atoms with E-state index in [0.29, 0.717) is 18.2 Å². The third kappa shape index (κ3) is 5.05. The van der Waals surface area contributed by atoms with Gasteiger partial charge in [0.1, 0.15) is 0 Å². The molecule has 2 heterocycles. The van der Waals surface area contributed by atoms with Gasteiger partial charge in [-0.25, -0.2) is 0 Å². The van der Waals surface area contributed by atoms with Gasteiger partial charge in [-0.15, -0.1) is 12.8 Å². The van der Waals surface area contributed by atoms with Crippen molar-refractivity contribution in [2.24, 2.45) is 11.3 Å². The second-order valence-corrected chi connectivity index (χ2v) is 8.41. The number of carbonyl (C=O) groups is 1. The number of benzene rings is 1. The molecule has 1 aromatic heterocycles. The summed E-state index contributed by atoms with van der Waals surface area (Å²) in [7, 11) is 0. The van der Waals surface area contributed by atoms with E-state index in [2.05, 4.69) is 49.9 Å². The van der Waals surface area contributed by atoms with Crippen LogP contribution in [0.1, 0.15) is 52.0 Å². The van der Waals surface area contributed by atoms with Gasteiger partial charge in [0.15, 0.2) is 0 Å². The summed E-state index contributed by atoms with van der Waals surface area (Å²) in [4.78, 5) is 14.1. The number of aromatic nitrogens is 2. The number of carbonyl (C=O) groups excluding carboxylic acids is 1. The molecule has 0 radical (unpaired) electrons. The fourth-order valence-electron chi connectivity index (χ4n) is 4.15. The van der Waals surface area contributed by atoms with Gasteiger partial charge < -0.3 is 4.90 Å². The highest BCUT2D eigenvalue weighted by Crippen LogP contribution is 2.39. The lowest BCUT2D eigenvalue weighted by atomic mass is 9.70. The number of halogens is 1. The van der Waals surface area contributed by atoms with Crippen LogP contribution in [0.15, 0.2) is 18.3 Å². The van der Waals surface area contributed by atoms with Gasteiger partial charge in [-0.05, 0) is 54.7 Å². The highest BCUT2D eigenvalue weighted by Gasteiger charge is 2.34. The maximum absolute atomic E-state index is 12.1. The van der Waals surface area contributed by atoms with E-state index in [9.17, 15) is 4.79 Å². The summed E-state index contributed by atoms with van der Waals surface area (Å²) < 4.78 is 0. The van der Waals surface area contributed by atoms with Gasteiger partial charge in [0, 0.05) is 29.9 Å². The largest absolute Gasteiger partial charge is 0.343 e. The molecule has 1 amide bonds. The van der Waals surface area contributed by atoms with E-state index >= 15 is 0 Å². The first kappa shape index (κ1) is 21.3. The summed E-state index contributed by atoms with van der Waals surface area (Å²) in [6, 6.07) is 4.01. The van der Waals surface area contributed by atoms with E-state index in [-0.39, 0.29) is 5.41 Å². The molecule has 0 unspecified atom stereocenters. The lowest BCUT2D eigenvalue weighted by Crippen LogP contribution is -2.42. The Bertz CT molecular complexity index is 785. The van der Waals surface area contributed by atoms with Crippen LogP contribution in [0.2, 0.25) is 5.02 Å². The minimum Gasteiger partial charge on any atom is -0.343 e. The topological polar surface area (TPSA) is 49.0 Å². The SMILES string of the molecule is C#C.CCCC(=O)N1CCC(C(C)(C)Cc2cc(Cl)cc3cn[nH]c23)CC1. The summed E-state index contributed by atoms with van der Waals surface area (Å²) in [6.45, 7) is 8.52. The van der Waals surface area contributed by atoms with Crippen molar-refractivity contribution >= 4 is 28.4 Å². The predicted octanol–water partition coefficient (Wildman–Crippen LogP) is 5.07. The molecule has 0 spiro atoms.